The zero-order chi connectivity index (χ0) is 10.7. The van der Waals surface area contributed by atoms with Crippen LogP contribution in [0.1, 0.15) is 19.8 Å². The van der Waals surface area contributed by atoms with Gasteiger partial charge >= 0.3 is 17.8 Å². The number of urea groups is 1. The molecule has 1 heterocycles. The molecule has 1 rings (SSSR count). The van der Waals surface area contributed by atoms with Crippen molar-refractivity contribution >= 4 is 17.8 Å². The van der Waals surface area contributed by atoms with Crippen molar-refractivity contribution in [1.82, 2.24) is 10.2 Å². The molecule has 1 fully saturated rings. The fourth-order valence-corrected chi connectivity index (χ4v) is 1.30. The predicted octanol–water partition coefficient (Wildman–Crippen LogP) is -0.133. The second-order valence-corrected chi connectivity index (χ2v) is 2.90. The largest absolute Gasteiger partial charge is 0.331 e. The third-order valence-electron chi connectivity index (χ3n) is 2.04. The minimum Gasteiger partial charge on any atom is -0.269 e. The van der Waals surface area contributed by atoms with Crippen LogP contribution in [0.4, 0.5) is 4.79 Å². The molecule has 0 aromatic heterocycles. The lowest BCUT2D eigenvalue weighted by Gasteiger charge is -2.20. The van der Waals surface area contributed by atoms with Gasteiger partial charge in [0.05, 0.1) is 6.04 Å². The van der Waals surface area contributed by atoms with Gasteiger partial charge in [-0.15, -0.1) is 12.3 Å². The van der Waals surface area contributed by atoms with Crippen molar-refractivity contribution in [2.75, 3.05) is 0 Å². The van der Waals surface area contributed by atoms with E-state index in [-0.39, 0.29) is 12.5 Å². The van der Waals surface area contributed by atoms with Crippen LogP contribution in [-0.4, -0.2) is 28.8 Å². The van der Waals surface area contributed by atoms with Gasteiger partial charge in [-0.05, 0) is 6.42 Å². The van der Waals surface area contributed by atoms with Crippen molar-refractivity contribution < 1.29 is 14.4 Å². The molecule has 1 unspecified atom stereocenters. The molecule has 14 heavy (non-hydrogen) atoms. The normalized spacial score (nSPS) is 18.0. The molecule has 0 aromatic rings. The zero-order valence-electron chi connectivity index (χ0n) is 7.74. The molecule has 0 spiro atoms. The van der Waals surface area contributed by atoms with Crippen molar-refractivity contribution in [3.63, 3.8) is 0 Å². The minimum atomic E-state index is -0.884. The third-order valence-corrected chi connectivity index (χ3v) is 2.04. The van der Waals surface area contributed by atoms with E-state index < -0.39 is 17.8 Å². The Morgan fingerprint density at radius 1 is 1.50 bits per heavy atom. The summed E-state index contributed by atoms with van der Waals surface area (Å²) in [5.41, 5.74) is 0. The summed E-state index contributed by atoms with van der Waals surface area (Å²) < 4.78 is 0. The van der Waals surface area contributed by atoms with Crippen molar-refractivity contribution in [1.29, 1.82) is 0 Å². The zero-order valence-corrected chi connectivity index (χ0v) is 7.74. The number of carbonyl (C=O) groups is 3. The molecular formula is C9H10N2O3. The topological polar surface area (TPSA) is 66.5 Å². The maximum atomic E-state index is 11.2. The van der Waals surface area contributed by atoms with Crippen LogP contribution < -0.4 is 5.32 Å². The molecular weight excluding hydrogens is 184 g/mol. The maximum Gasteiger partial charge on any atom is 0.331 e. The van der Waals surface area contributed by atoms with E-state index in [1.54, 1.807) is 6.92 Å². The summed E-state index contributed by atoms with van der Waals surface area (Å²) in [5.74, 6) is 0.660. The number of hydrogen-bond acceptors (Lipinski definition) is 3. The number of hydrogen-bond donors (Lipinski definition) is 1. The molecule has 1 N–H and O–H groups in total. The Bertz CT molecular complexity index is 329. The molecule has 5 nitrogen and oxygen atoms in total. The quantitative estimate of drug-likeness (QED) is 0.386. The van der Waals surface area contributed by atoms with Gasteiger partial charge in [0.1, 0.15) is 0 Å². The Morgan fingerprint density at radius 3 is 2.50 bits per heavy atom. The summed E-state index contributed by atoms with van der Waals surface area (Å²) in [7, 11) is 0. The first kappa shape index (κ1) is 10.3. The van der Waals surface area contributed by atoms with Gasteiger partial charge in [-0.3, -0.25) is 19.8 Å². The van der Waals surface area contributed by atoms with Crippen LogP contribution in [0.15, 0.2) is 0 Å². The number of imide groups is 2. The minimum absolute atomic E-state index is 0.267. The van der Waals surface area contributed by atoms with Crippen LogP contribution >= 0.6 is 0 Å². The summed E-state index contributed by atoms with van der Waals surface area (Å²) in [6.07, 6.45) is 5.90. The molecule has 0 saturated carbocycles. The highest BCUT2D eigenvalue weighted by Crippen LogP contribution is 2.12. The maximum absolute atomic E-state index is 11.2. The average Bonchev–Trinajstić information content (AvgIpc) is 2.39. The van der Waals surface area contributed by atoms with E-state index in [9.17, 15) is 14.4 Å². The molecule has 1 aliphatic heterocycles. The number of carbonyl (C=O) groups excluding carboxylic acids is 3. The third kappa shape index (κ3) is 1.59. The summed E-state index contributed by atoms with van der Waals surface area (Å²) in [4.78, 5) is 34.1. The van der Waals surface area contributed by atoms with Crippen molar-refractivity contribution in [3.8, 4) is 12.3 Å². The van der Waals surface area contributed by atoms with Crippen LogP contribution in [0.5, 0.6) is 0 Å². The lowest BCUT2D eigenvalue weighted by molar-refractivity contribution is -0.141. The van der Waals surface area contributed by atoms with Gasteiger partial charge < -0.3 is 0 Å². The van der Waals surface area contributed by atoms with Crippen molar-refractivity contribution in [2.24, 2.45) is 0 Å². The highest BCUT2D eigenvalue weighted by Gasteiger charge is 2.40. The monoisotopic (exact) mass is 194 g/mol. The molecule has 74 valence electrons. The predicted molar refractivity (Wildman–Crippen MR) is 47.9 cm³/mol. The van der Waals surface area contributed by atoms with E-state index >= 15 is 0 Å². The number of terminal acetylenes is 1. The first-order valence-electron chi connectivity index (χ1n) is 4.23. The number of nitrogens with one attached hydrogen (secondary N) is 1. The second kappa shape index (κ2) is 3.92. The van der Waals surface area contributed by atoms with Gasteiger partial charge in [0.2, 0.25) is 0 Å². The Labute approximate surface area is 81.4 Å². The highest BCUT2D eigenvalue weighted by molar-refractivity contribution is 6.44. The summed E-state index contributed by atoms with van der Waals surface area (Å²) in [5, 5.41) is 1.92. The van der Waals surface area contributed by atoms with Gasteiger partial charge in [-0.2, -0.15) is 0 Å². The average molecular weight is 194 g/mol. The van der Waals surface area contributed by atoms with E-state index in [1.807, 2.05) is 5.32 Å². The van der Waals surface area contributed by atoms with Gasteiger partial charge in [-0.1, -0.05) is 6.92 Å². The molecule has 0 aromatic carbocycles. The van der Waals surface area contributed by atoms with Crippen LogP contribution in [0.3, 0.4) is 0 Å². The van der Waals surface area contributed by atoms with Crippen LogP contribution in [0.25, 0.3) is 0 Å². The van der Waals surface area contributed by atoms with Crippen molar-refractivity contribution in [3.05, 3.63) is 0 Å². The number of amides is 4. The molecule has 0 aliphatic carbocycles. The Balaban J connectivity index is 2.85. The van der Waals surface area contributed by atoms with Gasteiger partial charge in [0.15, 0.2) is 0 Å². The van der Waals surface area contributed by atoms with Crippen LogP contribution in [0, 0.1) is 12.3 Å². The van der Waals surface area contributed by atoms with E-state index in [0.717, 1.165) is 4.90 Å². The lowest BCUT2D eigenvalue weighted by Crippen LogP contribution is -2.40. The molecule has 1 aliphatic rings. The second-order valence-electron chi connectivity index (χ2n) is 2.90. The lowest BCUT2D eigenvalue weighted by atomic mass is 10.1. The van der Waals surface area contributed by atoms with Gasteiger partial charge in [-0.25, -0.2) is 4.79 Å². The summed E-state index contributed by atoms with van der Waals surface area (Å²) in [6, 6.07) is -1.07. The first-order valence-corrected chi connectivity index (χ1v) is 4.23. The smallest absolute Gasteiger partial charge is 0.269 e. The van der Waals surface area contributed by atoms with E-state index in [1.165, 1.54) is 0 Å². The van der Waals surface area contributed by atoms with E-state index in [0.29, 0.717) is 6.42 Å². The fourth-order valence-electron chi connectivity index (χ4n) is 1.30. The molecule has 0 radical (unpaired) electrons. The molecule has 1 saturated heterocycles. The van der Waals surface area contributed by atoms with Gasteiger partial charge in [0, 0.05) is 6.42 Å². The standard InChI is InChI=1S/C9H10N2O3/c1-3-5-6(4-2)11-8(13)7(12)10-9(11)14/h1,6H,4-5H2,2H3,(H,10,12,14). The van der Waals surface area contributed by atoms with Crippen LogP contribution in [0.2, 0.25) is 0 Å². The first-order chi connectivity index (χ1) is 6.61. The Hall–Kier alpha value is -1.83. The van der Waals surface area contributed by atoms with Gasteiger partial charge in [0.25, 0.3) is 0 Å². The summed E-state index contributed by atoms with van der Waals surface area (Å²) in [6.45, 7) is 1.80. The molecule has 4 amide bonds. The van der Waals surface area contributed by atoms with E-state index in [4.69, 9.17) is 6.42 Å². The van der Waals surface area contributed by atoms with Crippen LogP contribution in [-0.2, 0) is 9.59 Å². The molecule has 0 bridgehead atoms. The van der Waals surface area contributed by atoms with Crippen molar-refractivity contribution in [2.45, 2.75) is 25.8 Å². The highest BCUT2D eigenvalue weighted by atomic mass is 16.2. The van der Waals surface area contributed by atoms with E-state index in [2.05, 4.69) is 5.92 Å². The Morgan fingerprint density at radius 2 is 2.14 bits per heavy atom. The molecule has 5 heteroatoms. The number of nitrogens with zero attached hydrogens (tertiary/aromatic N) is 1. The fraction of sp³-hybridized carbons (Fsp3) is 0.444. The summed E-state index contributed by atoms with van der Waals surface area (Å²) >= 11 is 0. The SMILES string of the molecule is C#CCC(CC)N1C(=O)NC(=O)C1=O. The Kier molecular flexibility index (Phi) is 2.87. The molecule has 1 atom stereocenters. The number of rotatable bonds is 3.